The van der Waals surface area contributed by atoms with E-state index in [1.54, 1.807) is 46.4 Å². The highest BCUT2D eigenvalue weighted by atomic mass is 35.5. The topological polar surface area (TPSA) is 125 Å². The van der Waals surface area contributed by atoms with Crippen molar-refractivity contribution in [3.05, 3.63) is 47.0 Å². The van der Waals surface area contributed by atoms with Crippen molar-refractivity contribution in [2.75, 3.05) is 32.2 Å². The molecule has 0 spiro atoms. The van der Waals surface area contributed by atoms with Crippen molar-refractivity contribution in [3.8, 4) is 5.69 Å². The molecule has 11 nitrogen and oxygen atoms in total. The van der Waals surface area contributed by atoms with E-state index < -0.39 is 30.2 Å². The van der Waals surface area contributed by atoms with Gasteiger partial charge in [-0.2, -0.15) is 0 Å². The number of alkyl carbamates (subject to hydrolysis) is 1. The van der Waals surface area contributed by atoms with E-state index >= 15 is 0 Å². The summed E-state index contributed by atoms with van der Waals surface area (Å²) in [6.45, 7) is -0.0385. The zero-order valence-corrected chi connectivity index (χ0v) is 20.2. The number of aromatic nitrogens is 3. The predicted octanol–water partition coefficient (Wildman–Crippen LogP) is 2.75. The molecule has 3 aromatic rings. The van der Waals surface area contributed by atoms with E-state index in [0.717, 1.165) is 5.39 Å². The third kappa shape index (κ3) is 4.96. The number of imidazole rings is 1. The molecule has 0 saturated carbocycles. The molecule has 1 amide bonds. The molecule has 2 atom stereocenters. The fourth-order valence-corrected chi connectivity index (χ4v) is 4.26. The van der Waals surface area contributed by atoms with Gasteiger partial charge in [-0.05, 0) is 12.1 Å². The van der Waals surface area contributed by atoms with E-state index in [0.29, 0.717) is 35.0 Å². The Morgan fingerprint density at radius 2 is 2.00 bits per heavy atom. The molecule has 2 aromatic heterocycles. The number of pyridine rings is 1. The standard InChI is InChI=1S/C22H21Cl2N5O6/c1-33-17(30)10-26-22(32)35-15-5-7-29(20(15)21(31)34-2)16-9-14(28-8-6-25-11-28)12-3-4-13(23)18(24)19(12)27-16/h3-4,6,8-9,11,15,20H,5,7,10H2,1-2H3,(H,26,32)/t15-,20+/m1/s1. The van der Waals surface area contributed by atoms with Gasteiger partial charge in [0.15, 0.2) is 6.04 Å². The summed E-state index contributed by atoms with van der Waals surface area (Å²) in [6, 6.07) is 4.28. The largest absolute Gasteiger partial charge is 0.468 e. The van der Waals surface area contributed by atoms with Gasteiger partial charge < -0.3 is 29.0 Å². The highest BCUT2D eigenvalue weighted by molar-refractivity contribution is 6.45. The molecule has 3 heterocycles. The van der Waals surface area contributed by atoms with Crippen LogP contribution in [0.15, 0.2) is 36.9 Å². The Morgan fingerprint density at radius 3 is 2.69 bits per heavy atom. The average molecular weight is 522 g/mol. The van der Waals surface area contributed by atoms with Crippen LogP contribution in [0.25, 0.3) is 16.6 Å². The van der Waals surface area contributed by atoms with E-state index in [1.165, 1.54) is 14.2 Å². The van der Waals surface area contributed by atoms with Crippen LogP contribution in [0.2, 0.25) is 10.0 Å². The number of hydrogen-bond acceptors (Lipinski definition) is 9. The summed E-state index contributed by atoms with van der Waals surface area (Å²) in [5.74, 6) is -0.846. The van der Waals surface area contributed by atoms with E-state index in [-0.39, 0.29) is 11.6 Å². The molecule has 1 aliphatic rings. The first-order chi connectivity index (χ1) is 16.8. The van der Waals surface area contributed by atoms with Crippen molar-refractivity contribution >= 4 is 58.0 Å². The number of methoxy groups -OCH3 is 2. The second kappa shape index (κ2) is 10.4. The third-order valence-electron chi connectivity index (χ3n) is 5.56. The van der Waals surface area contributed by atoms with Gasteiger partial charge in [-0.15, -0.1) is 0 Å². The number of anilines is 1. The van der Waals surface area contributed by atoms with Crippen LogP contribution in [0.4, 0.5) is 10.6 Å². The molecule has 35 heavy (non-hydrogen) atoms. The lowest BCUT2D eigenvalue weighted by molar-refractivity contribution is -0.144. The molecular formula is C22H21Cl2N5O6. The Bertz CT molecular complexity index is 1270. The summed E-state index contributed by atoms with van der Waals surface area (Å²) in [6.07, 6.45) is 3.61. The molecule has 0 radical (unpaired) electrons. The first kappa shape index (κ1) is 24.6. The van der Waals surface area contributed by atoms with Gasteiger partial charge in [0.2, 0.25) is 0 Å². The molecule has 1 saturated heterocycles. The highest BCUT2D eigenvalue weighted by Crippen LogP contribution is 2.36. The number of ether oxygens (including phenoxy) is 3. The van der Waals surface area contributed by atoms with E-state index in [9.17, 15) is 14.4 Å². The van der Waals surface area contributed by atoms with Crippen LogP contribution in [-0.4, -0.2) is 72.0 Å². The number of carbonyl (C=O) groups is 3. The van der Waals surface area contributed by atoms with Crippen molar-refractivity contribution in [2.45, 2.75) is 18.6 Å². The van der Waals surface area contributed by atoms with Gasteiger partial charge in [-0.25, -0.2) is 19.6 Å². The van der Waals surface area contributed by atoms with Crippen LogP contribution in [0.5, 0.6) is 0 Å². The summed E-state index contributed by atoms with van der Waals surface area (Å²) in [7, 11) is 2.44. The third-order valence-corrected chi connectivity index (χ3v) is 6.36. The Balaban J connectivity index is 1.71. The first-order valence-corrected chi connectivity index (χ1v) is 11.2. The van der Waals surface area contributed by atoms with Gasteiger partial charge in [0.1, 0.15) is 18.5 Å². The Labute approximate surface area is 209 Å². The summed E-state index contributed by atoms with van der Waals surface area (Å²) in [5, 5.41) is 3.61. The van der Waals surface area contributed by atoms with Crippen LogP contribution in [0.3, 0.4) is 0 Å². The molecule has 1 N–H and O–H groups in total. The van der Waals surface area contributed by atoms with Gasteiger partial charge >= 0.3 is 18.0 Å². The second-order valence-electron chi connectivity index (χ2n) is 7.55. The number of amides is 1. The fraction of sp³-hybridized carbons (Fsp3) is 0.318. The molecule has 184 valence electrons. The predicted molar refractivity (Wildman–Crippen MR) is 127 cm³/mol. The minimum Gasteiger partial charge on any atom is -0.468 e. The highest BCUT2D eigenvalue weighted by Gasteiger charge is 2.43. The molecule has 0 unspecified atom stereocenters. The van der Waals surface area contributed by atoms with Crippen molar-refractivity contribution < 1.29 is 28.6 Å². The van der Waals surface area contributed by atoms with Crippen molar-refractivity contribution in [3.63, 3.8) is 0 Å². The van der Waals surface area contributed by atoms with E-state index in [4.69, 9.17) is 32.7 Å². The number of rotatable bonds is 6. The first-order valence-electron chi connectivity index (χ1n) is 10.5. The molecular weight excluding hydrogens is 501 g/mol. The van der Waals surface area contributed by atoms with Crippen molar-refractivity contribution in [2.24, 2.45) is 0 Å². The fourth-order valence-electron chi connectivity index (χ4n) is 3.91. The number of hydrogen-bond donors (Lipinski definition) is 1. The van der Waals surface area contributed by atoms with Gasteiger partial charge in [0, 0.05) is 36.8 Å². The number of carbonyl (C=O) groups excluding carboxylic acids is 3. The molecule has 1 fully saturated rings. The lowest BCUT2D eigenvalue weighted by Crippen LogP contribution is -2.46. The minimum absolute atomic E-state index is 0.260. The normalized spacial score (nSPS) is 17.3. The molecule has 0 aliphatic carbocycles. The Hall–Kier alpha value is -3.57. The van der Waals surface area contributed by atoms with Gasteiger partial charge in [0.05, 0.1) is 41.8 Å². The number of nitrogens with zero attached hydrogens (tertiary/aromatic N) is 4. The van der Waals surface area contributed by atoms with Crippen molar-refractivity contribution in [1.29, 1.82) is 0 Å². The minimum atomic E-state index is -0.984. The number of fused-ring (bicyclic) bond motifs is 1. The lowest BCUT2D eigenvalue weighted by atomic mass is 10.1. The SMILES string of the molecule is COC(=O)CNC(=O)O[C@@H]1CCN(c2cc(-n3ccnc3)c3ccc(Cl)c(Cl)c3n2)[C@@H]1C(=O)OC. The Morgan fingerprint density at radius 1 is 1.20 bits per heavy atom. The molecule has 1 aliphatic heterocycles. The summed E-state index contributed by atoms with van der Waals surface area (Å²) in [5.41, 5.74) is 1.15. The van der Waals surface area contributed by atoms with E-state index in [2.05, 4.69) is 20.0 Å². The Kier molecular flexibility index (Phi) is 7.27. The lowest BCUT2D eigenvalue weighted by Gasteiger charge is -2.27. The zero-order chi connectivity index (χ0) is 25.1. The van der Waals surface area contributed by atoms with Gasteiger partial charge in [-0.3, -0.25) is 4.79 Å². The summed E-state index contributed by atoms with van der Waals surface area (Å²) in [4.78, 5) is 46.7. The number of nitrogens with one attached hydrogen (secondary N) is 1. The van der Waals surface area contributed by atoms with Gasteiger partial charge in [0.25, 0.3) is 0 Å². The number of halogens is 2. The summed E-state index contributed by atoms with van der Waals surface area (Å²) >= 11 is 12.7. The molecule has 0 bridgehead atoms. The monoisotopic (exact) mass is 521 g/mol. The molecule has 1 aromatic carbocycles. The maximum absolute atomic E-state index is 12.8. The zero-order valence-electron chi connectivity index (χ0n) is 18.7. The smallest absolute Gasteiger partial charge is 0.407 e. The number of benzene rings is 1. The molecule has 4 rings (SSSR count). The molecule has 13 heteroatoms. The van der Waals surface area contributed by atoms with Crippen molar-refractivity contribution in [1.82, 2.24) is 19.9 Å². The van der Waals surface area contributed by atoms with Crippen LogP contribution >= 0.6 is 23.2 Å². The maximum atomic E-state index is 12.8. The maximum Gasteiger partial charge on any atom is 0.407 e. The van der Waals surface area contributed by atoms with Crippen LogP contribution in [0.1, 0.15) is 6.42 Å². The average Bonchev–Trinajstić information content (AvgIpc) is 3.54. The second-order valence-corrected chi connectivity index (χ2v) is 8.34. The summed E-state index contributed by atoms with van der Waals surface area (Å²) < 4.78 is 16.7. The number of esters is 2. The van der Waals surface area contributed by atoms with Crippen LogP contribution in [0, 0.1) is 0 Å². The van der Waals surface area contributed by atoms with Crippen LogP contribution in [-0.2, 0) is 23.8 Å². The van der Waals surface area contributed by atoms with Crippen LogP contribution < -0.4 is 10.2 Å². The van der Waals surface area contributed by atoms with Gasteiger partial charge in [-0.1, -0.05) is 23.2 Å². The van der Waals surface area contributed by atoms with E-state index in [1.807, 2.05) is 0 Å². The quantitative estimate of drug-likeness (QED) is 0.384.